The summed E-state index contributed by atoms with van der Waals surface area (Å²) >= 11 is 0. The van der Waals surface area contributed by atoms with Crippen molar-refractivity contribution < 1.29 is 26.8 Å². The normalized spacial score (nSPS) is 11.2. The Labute approximate surface area is 119 Å². The number of hydrogen-bond donors (Lipinski definition) is 1. The Hall–Kier alpha value is -2.49. The molecule has 0 amide bonds. The van der Waals surface area contributed by atoms with Crippen molar-refractivity contribution >= 4 is 22.0 Å². The Kier molecular flexibility index (Phi) is 3.89. The van der Waals surface area contributed by atoms with Crippen molar-refractivity contribution in [3.63, 3.8) is 0 Å². The summed E-state index contributed by atoms with van der Waals surface area (Å²) < 4.78 is 49.0. The van der Waals surface area contributed by atoms with Crippen molar-refractivity contribution in [2.24, 2.45) is 0 Å². The van der Waals surface area contributed by atoms with Crippen molar-refractivity contribution in [1.82, 2.24) is 10.2 Å². The number of methoxy groups -OCH3 is 1. The fourth-order valence-electron chi connectivity index (χ4n) is 1.50. The van der Waals surface area contributed by atoms with Gasteiger partial charge in [-0.1, -0.05) is 5.10 Å². The highest BCUT2D eigenvalue weighted by Gasteiger charge is 2.25. The second-order valence-electron chi connectivity index (χ2n) is 3.86. The first-order chi connectivity index (χ1) is 9.83. The number of carbonyl (C=O) groups is 1. The largest absolute Gasteiger partial charge is 0.465 e. The minimum Gasteiger partial charge on any atom is -0.465 e. The Balaban J connectivity index is 2.48. The van der Waals surface area contributed by atoms with E-state index < -0.39 is 32.7 Å². The van der Waals surface area contributed by atoms with Crippen molar-refractivity contribution in [1.29, 1.82) is 0 Å². The van der Waals surface area contributed by atoms with E-state index in [1.165, 1.54) is 6.92 Å². The lowest BCUT2D eigenvalue weighted by Gasteiger charge is -2.09. The number of aromatic nitrogens is 2. The lowest BCUT2D eigenvalue weighted by atomic mass is 10.2. The van der Waals surface area contributed by atoms with Crippen LogP contribution in [0.15, 0.2) is 27.5 Å². The number of hydrogen-bond acceptors (Lipinski definition) is 7. The number of anilines is 1. The molecule has 2 rings (SSSR count). The highest BCUT2D eigenvalue weighted by atomic mass is 32.2. The van der Waals surface area contributed by atoms with Crippen LogP contribution in [-0.4, -0.2) is 31.7 Å². The molecule has 0 bridgehead atoms. The zero-order chi connectivity index (χ0) is 15.6. The molecule has 1 heterocycles. The number of carbonyl (C=O) groups excluding carboxylic acids is 1. The Morgan fingerprint density at radius 1 is 1.38 bits per heavy atom. The molecule has 0 aliphatic heterocycles. The number of benzene rings is 1. The maximum Gasteiger partial charge on any atom is 0.339 e. The van der Waals surface area contributed by atoms with Crippen LogP contribution in [0.3, 0.4) is 0 Å². The van der Waals surface area contributed by atoms with E-state index in [1.54, 1.807) is 0 Å². The Morgan fingerprint density at radius 3 is 2.67 bits per heavy atom. The number of aryl methyl sites for hydroxylation is 1. The third kappa shape index (κ3) is 3.16. The summed E-state index contributed by atoms with van der Waals surface area (Å²) in [7, 11) is -3.22. The van der Waals surface area contributed by atoms with E-state index in [4.69, 9.17) is 4.42 Å². The SMILES string of the molecule is COC(=O)c1ccc(F)cc1S(=O)(=O)Nc1nnc(C)o1. The average molecular weight is 315 g/mol. The summed E-state index contributed by atoms with van der Waals surface area (Å²) in [6, 6.07) is 2.25. The van der Waals surface area contributed by atoms with Gasteiger partial charge in [-0.15, -0.1) is 5.10 Å². The zero-order valence-electron chi connectivity index (χ0n) is 11.0. The summed E-state index contributed by atoms with van der Waals surface area (Å²) in [6.45, 7) is 1.47. The fourth-order valence-corrected chi connectivity index (χ4v) is 2.64. The molecule has 1 aromatic heterocycles. The lowest BCUT2D eigenvalue weighted by molar-refractivity contribution is 0.0596. The molecule has 2 aromatic rings. The molecule has 0 aliphatic carbocycles. The van der Waals surface area contributed by atoms with Gasteiger partial charge >= 0.3 is 12.0 Å². The van der Waals surface area contributed by atoms with E-state index in [2.05, 4.69) is 14.9 Å². The van der Waals surface area contributed by atoms with Gasteiger partial charge in [0.2, 0.25) is 5.89 Å². The topological polar surface area (TPSA) is 111 Å². The molecule has 0 saturated heterocycles. The van der Waals surface area contributed by atoms with Gasteiger partial charge in [0, 0.05) is 6.92 Å². The van der Waals surface area contributed by atoms with Crippen LogP contribution in [-0.2, 0) is 14.8 Å². The third-order valence-corrected chi connectivity index (χ3v) is 3.75. The van der Waals surface area contributed by atoms with Crippen molar-refractivity contribution in [2.75, 3.05) is 11.8 Å². The van der Waals surface area contributed by atoms with E-state index in [1.807, 2.05) is 4.72 Å². The molecule has 10 heteroatoms. The first-order valence-electron chi connectivity index (χ1n) is 5.54. The average Bonchev–Trinajstić information content (AvgIpc) is 2.82. The molecular weight excluding hydrogens is 305 g/mol. The van der Waals surface area contributed by atoms with E-state index in [0.717, 1.165) is 19.2 Å². The summed E-state index contributed by atoms with van der Waals surface area (Å²) in [6.07, 6.45) is 0. The number of nitrogens with one attached hydrogen (secondary N) is 1. The quantitative estimate of drug-likeness (QED) is 0.841. The number of rotatable bonds is 4. The van der Waals surface area contributed by atoms with E-state index in [-0.39, 0.29) is 11.5 Å². The van der Waals surface area contributed by atoms with Gasteiger partial charge in [0.25, 0.3) is 10.0 Å². The second-order valence-corrected chi connectivity index (χ2v) is 5.51. The van der Waals surface area contributed by atoms with Crippen LogP contribution >= 0.6 is 0 Å². The van der Waals surface area contributed by atoms with Crippen LogP contribution in [0.2, 0.25) is 0 Å². The molecule has 0 saturated carbocycles. The van der Waals surface area contributed by atoms with Crippen LogP contribution in [0.5, 0.6) is 0 Å². The maximum absolute atomic E-state index is 13.3. The first kappa shape index (κ1) is 14.9. The third-order valence-electron chi connectivity index (χ3n) is 2.39. The molecule has 0 spiro atoms. The van der Waals surface area contributed by atoms with E-state index in [0.29, 0.717) is 6.07 Å². The lowest BCUT2D eigenvalue weighted by Crippen LogP contribution is -2.18. The van der Waals surface area contributed by atoms with E-state index >= 15 is 0 Å². The van der Waals surface area contributed by atoms with Gasteiger partial charge in [-0.2, -0.15) is 0 Å². The number of sulfonamides is 1. The van der Waals surface area contributed by atoms with Gasteiger partial charge in [-0.3, -0.25) is 0 Å². The highest BCUT2D eigenvalue weighted by molar-refractivity contribution is 7.92. The summed E-state index contributed by atoms with van der Waals surface area (Å²) in [5.74, 6) is -1.61. The molecule has 1 N–H and O–H groups in total. The molecule has 112 valence electrons. The highest BCUT2D eigenvalue weighted by Crippen LogP contribution is 2.21. The number of halogens is 1. The van der Waals surface area contributed by atoms with E-state index in [9.17, 15) is 17.6 Å². The van der Waals surface area contributed by atoms with Crippen LogP contribution < -0.4 is 4.72 Å². The second kappa shape index (κ2) is 5.48. The standard InChI is InChI=1S/C11H10FN3O5S/c1-6-13-14-11(20-6)15-21(17,18)9-5-7(12)3-4-8(9)10(16)19-2/h3-5H,1-2H3,(H,14,15). The van der Waals surface area contributed by atoms with Gasteiger partial charge in [-0.25, -0.2) is 22.3 Å². The molecule has 0 aliphatic rings. The maximum atomic E-state index is 13.3. The predicted octanol–water partition coefficient (Wildman–Crippen LogP) is 1.10. The number of nitrogens with zero attached hydrogens (tertiary/aromatic N) is 2. The Morgan fingerprint density at radius 2 is 2.10 bits per heavy atom. The van der Waals surface area contributed by atoms with Gasteiger partial charge in [0.1, 0.15) is 10.7 Å². The molecule has 0 radical (unpaired) electrons. The predicted molar refractivity (Wildman–Crippen MR) is 67.6 cm³/mol. The summed E-state index contributed by atoms with van der Waals surface area (Å²) in [4.78, 5) is 11.0. The minimum absolute atomic E-state index is 0.139. The summed E-state index contributed by atoms with van der Waals surface area (Å²) in [5, 5.41) is 6.90. The number of ether oxygens (including phenoxy) is 1. The van der Waals surface area contributed by atoms with Crippen molar-refractivity contribution in [3.8, 4) is 0 Å². The van der Waals surface area contributed by atoms with Crippen LogP contribution in [0.4, 0.5) is 10.4 Å². The Bertz CT molecular complexity index is 787. The van der Waals surface area contributed by atoms with Gasteiger partial charge in [-0.05, 0) is 18.2 Å². The first-order valence-corrected chi connectivity index (χ1v) is 7.02. The van der Waals surface area contributed by atoms with Crippen molar-refractivity contribution in [3.05, 3.63) is 35.5 Å². The minimum atomic E-state index is -4.30. The van der Waals surface area contributed by atoms with Crippen molar-refractivity contribution in [2.45, 2.75) is 11.8 Å². The number of esters is 1. The molecule has 0 atom stereocenters. The van der Waals surface area contributed by atoms with Gasteiger partial charge in [0.05, 0.1) is 12.7 Å². The van der Waals surface area contributed by atoms with Crippen LogP contribution in [0.1, 0.15) is 16.2 Å². The molecular formula is C11H10FN3O5S. The van der Waals surface area contributed by atoms with Gasteiger partial charge in [0.15, 0.2) is 0 Å². The molecule has 0 unspecified atom stereocenters. The monoisotopic (exact) mass is 315 g/mol. The molecule has 0 fully saturated rings. The zero-order valence-corrected chi connectivity index (χ0v) is 11.8. The molecule has 21 heavy (non-hydrogen) atoms. The van der Waals surface area contributed by atoms with Crippen LogP contribution in [0.25, 0.3) is 0 Å². The molecule has 1 aromatic carbocycles. The fraction of sp³-hybridized carbons (Fsp3) is 0.182. The summed E-state index contributed by atoms with van der Waals surface area (Å²) in [5.41, 5.74) is -0.317. The van der Waals surface area contributed by atoms with Gasteiger partial charge < -0.3 is 9.15 Å². The smallest absolute Gasteiger partial charge is 0.339 e. The molecule has 8 nitrogen and oxygen atoms in total. The van der Waals surface area contributed by atoms with Crippen LogP contribution in [0, 0.1) is 12.7 Å².